The Morgan fingerprint density at radius 2 is 2.19 bits per heavy atom. The van der Waals surface area contributed by atoms with E-state index in [0.717, 1.165) is 25.1 Å². The van der Waals surface area contributed by atoms with Crippen molar-refractivity contribution in [3.8, 4) is 0 Å². The number of rotatable bonds is 7. The van der Waals surface area contributed by atoms with Crippen molar-refractivity contribution in [2.24, 2.45) is 0 Å². The lowest BCUT2D eigenvalue weighted by molar-refractivity contribution is -0.138. The molecule has 0 aromatic carbocycles. The first-order chi connectivity index (χ1) is 7.70. The molecule has 0 aromatic rings. The minimum absolute atomic E-state index is 0.0471. The summed E-state index contributed by atoms with van der Waals surface area (Å²) in [6, 6.07) is -0.276. The second kappa shape index (κ2) is 6.91. The van der Waals surface area contributed by atoms with Crippen LogP contribution in [-0.2, 0) is 9.59 Å². The van der Waals surface area contributed by atoms with Crippen LogP contribution in [0.2, 0.25) is 0 Å². The fourth-order valence-corrected chi connectivity index (χ4v) is 2.32. The number of nitrogens with one attached hydrogen (secondary N) is 1. The van der Waals surface area contributed by atoms with Crippen molar-refractivity contribution in [2.75, 3.05) is 25.1 Å². The molecule has 1 fully saturated rings. The number of amides is 2. The minimum Gasteiger partial charge on any atom is -0.305 e. The van der Waals surface area contributed by atoms with Crippen molar-refractivity contribution >= 4 is 23.6 Å². The van der Waals surface area contributed by atoms with Crippen LogP contribution in [0.4, 0.5) is 0 Å². The van der Waals surface area contributed by atoms with Crippen molar-refractivity contribution < 1.29 is 9.59 Å². The van der Waals surface area contributed by atoms with Gasteiger partial charge >= 0.3 is 0 Å². The normalized spacial score (nSPS) is 20.9. The third kappa shape index (κ3) is 3.49. The van der Waals surface area contributed by atoms with Crippen LogP contribution in [0.5, 0.6) is 0 Å². The maximum Gasteiger partial charge on any atom is 0.246 e. The Bertz CT molecular complexity index is 258. The van der Waals surface area contributed by atoms with E-state index in [1.165, 1.54) is 4.90 Å². The Kier molecular flexibility index (Phi) is 5.84. The van der Waals surface area contributed by atoms with Gasteiger partial charge in [0, 0.05) is 6.54 Å². The maximum atomic E-state index is 11.7. The fraction of sp³-hybridized carbons (Fsp3) is 0.818. The van der Waals surface area contributed by atoms with E-state index < -0.39 is 0 Å². The summed E-state index contributed by atoms with van der Waals surface area (Å²) in [5, 5.41) is 3.16. The molecule has 1 aliphatic heterocycles. The summed E-state index contributed by atoms with van der Waals surface area (Å²) in [5.41, 5.74) is 0. The zero-order valence-electron chi connectivity index (χ0n) is 9.99. The summed E-state index contributed by atoms with van der Waals surface area (Å²) in [5.74, 6) is 1.05. The molecule has 2 amide bonds. The van der Waals surface area contributed by atoms with Gasteiger partial charge in [0.25, 0.3) is 0 Å². The topological polar surface area (TPSA) is 49.4 Å². The second-order valence-corrected chi connectivity index (χ2v) is 4.87. The van der Waals surface area contributed by atoms with Gasteiger partial charge in [0.2, 0.25) is 11.8 Å². The molecular weight excluding hydrogens is 224 g/mol. The number of hydrogen-bond donors (Lipinski definition) is 1. The lowest BCUT2D eigenvalue weighted by Gasteiger charge is -2.12. The average Bonchev–Trinajstić information content (AvgIpc) is 2.53. The van der Waals surface area contributed by atoms with E-state index in [0.29, 0.717) is 13.0 Å². The molecule has 0 aromatic heterocycles. The molecule has 92 valence electrons. The number of carbonyl (C=O) groups excluding carboxylic acids is 2. The highest BCUT2D eigenvalue weighted by Crippen LogP contribution is 2.12. The van der Waals surface area contributed by atoms with Crippen LogP contribution < -0.4 is 5.32 Å². The Morgan fingerprint density at radius 3 is 2.75 bits per heavy atom. The average molecular weight is 244 g/mol. The van der Waals surface area contributed by atoms with E-state index in [9.17, 15) is 9.59 Å². The van der Waals surface area contributed by atoms with E-state index in [2.05, 4.69) is 11.6 Å². The summed E-state index contributed by atoms with van der Waals surface area (Å²) in [4.78, 5) is 24.5. The predicted octanol–water partition coefficient (Wildman–Crippen LogP) is 0.867. The fourth-order valence-electron chi connectivity index (χ4n) is 1.82. The number of likely N-dealkylation sites (tertiary alicyclic amines) is 1. The van der Waals surface area contributed by atoms with Gasteiger partial charge in [0.1, 0.15) is 0 Å². The standard InChI is InChI=1S/C11H20N2O2S/c1-3-13-10(14)8-9(11(13)15)12-6-4-5-7-16-2/h9,12H,3-8H2,1-2H3. The van der Waals surface area contributed by atoms with Gasteiger partial charge in [-0.15, -0.1) is 0 Å². The summed E-state index contributed by atoms with van der Waals surface area (Å²) >= 11 is 1.83. The van der Waals surface area contributed by atoms with Crippen LogP contribution in [0.3, 0.4) is 0 Å². The van der Waals surface area contributed by atoms with Crippen molar-refractivity contribution in [3.05, 3.63) is 0 Å². The molecular formula is C11H20N2O2S. The van der Waals surface area contributed by atoms with Gasteiger partial charge in [-0.3, -0.25) is 14.5 Å². The summed E-state index contributed by atoms with van der Waals surface area (Å²) < 4.78 is 0. The highest BCUT2D eigenvalue weighted by atomic mass is 32.2. The van der Waals surface area contributed by atoms with Gasteiger partial charge in [-0.1, -0.05) is 0 Å². The molecule has 0 spiro atoms. The highest BCUT2D eigenvalue weighted by molar-refractivity contribution is 7.98. The van der Waals surface area contributed by atoms with Gasteiger partial charge < -0.3 is 5.32 Å². The monoisotopic (exact) mass is 244 g/mol. The number of carbonyl (C=O) groups is 2. The van der Waals surface area contributed by atoms with Crippen molar-refractivity contribution in [2.45, 2.75) is 32.2 Å². The Morgan fingerprint density at radius 1 is 1.44 bits per heavy atom. The summed E-state index contributed by atoms with van der Waals surface area (Å²) in [7, 11) is 0. The van der Waals surface area contributed by atoms with Gasteiger partial charge in [0.05, 0.1) is 12.5 Å². The zero-order valence-corrected chi connectivity index (χ0v) is 10.8. The second-order valence-electron chi connectivity index (χ2n) is 3.89. The molecule has 16 heavy (non-hydrogen) atoms. The molecule has 1 unspecified atom stereocenters. The molecule has 1 heterocycles. The van der Waals surface area contributed by atoms with E-state index in [1.807, 2.05) is 18.7 Å². The molecule has 1 N–H and O–H groups in total. The molecule has 0 aliphatic carbocycles. The quantitative estimate of drug-likeness (QED) is 0.533. The first-order valence-electron chi connectivity index (χ1n) is 5.77. The van der Waals surface area contributed by atoms with Crippen LogP contribution >= 0.6 is 11.8 Å². The van der Waals surface area contributed by atoms with E-state index in [4.69, 9.17) is 0 Å². The SMILES string of the molecule is CCN1C(=O)CC(NCCCCSC)C1=O. The Balaban J connectivity index is 2.23. The number of unbranched alkanes of at least 4 members (excludes halogenated alkanes) is 1. The van der Waals surface area contributed by atoms with E-state index in [-0.39, 0.29) is 17.9 Å². The lowest BCUT2D eigenvalue weighted by Crippen LogP contribution is -2.39. The summed E-state index contributed by atoms with van der Waals surface area (Å²) in [6.45, 7) is 3.14. The molecule has 4 nitrogen and oxygen atoms in total. The van der Waals surface area contributed by atoms with Crippen LogP contribution in [0.15, 0.2) is 0 Å². The van der Waals surface area contributed by atoms with E-state index in [1.54, 1.807) is 0 Å². The van der Waals surface area contributed by atoms with Crippen LogP contribution in [0, 0.1) is 0 Å². The van der Waals surface area contributed by atoms with Crippen LogP contribution in [0.25, 0.3) is 0 Å². The zero-order chi connectivity index (χ0) is 12.0. The smallest absolute Gasteiger partial charge is 0.246 e. The van der Waals surface area contributed by atoms with Crippen molar-refractivity contribution in [3.63, 3.8) is 0 Å². The maximum absolute atomic E-state index is 11.7. The number of imide groups is 1. The van der Waals surface area contributed by atoms with Crippen molar-refractivity contribution in [1.82, 2.24) is 10.2 Å². The molecule has 5 heteroatoms. The number of thioether (sulfide) groups is 1. The summed E-state index contributed by atoms with van der Waals surface area (Å²) in [6.07, 6.45) is 4.63. The van der Waals surface area contributed by atoms with Gasteiger partial charge in [-0.2, -0.15) is 11.8 Å². The van der Waals surface area contributed by atoms with Gasteiger partial charge in [-0.05, 0) is 38.3 Å². The largest absolute Gasteiger partial charge is 0.305 e. The molecule has 1 aliphatic rings. The van der Waals surface area contributed by atoms with Crippen molar-refractivity contribution in [1.29, 1.82) is 0 Å². The first kappa shape index (κ1) is 13.5. The van der Waals surface area contributed by atoms with Crippen LogP contribution in [-0.4, -0.2) is 47.9 Å². The first-order valence-corrected chi connectivity index (χ1v) is 7.16. The lowest BCUT2D eigenvalue weighted by atomic mass is 10.2. The highest BCUT2D eigenvalue weighted by Gasteiger charge is 2.36. The number of hydrogen-bond acceptors (Lipinski definition) is 4. The number of nitrogens with zero attached hydrogens (tertiary/aromatic N) is 1. The molecule has 0 radical (unpaired) electrons. The van der Waals surface area contributed by atoms with Gasteiger partial charge in [-0.25, -0.2) is 0 Å². The van der Waals surface area contributed by atoms with Crippen LogP contribution in [0.1, 0.15) is 26.2 Å². The van der Waals surface area contributed by atoms with E-state index >= 15 is 0 Å². The Labute approximate surface area is 101 Å². The number of likely N-dealkylation sites (N-methyl/N-ethyl adjacent to an activating group) is 1. The van der Waals surface area contributed by atoms with Gasteiger partial charge in [0.15, 0.2) is 0 Å². The predicted molar refractivity (Wildman–Crippen MR) is 66.4 cm³/mol. The molecule has 0 saturated carbocycles. The third-order valence-corrected chi connectivity index (χ3v) is 3.42. The molecule has 1 saturated heterocycles. The molecule has 1 atom stereocenters. The molecule has 0 bridgehead atoms. The third-order valence-electron chi connectivity index (χ3n) is 2.73. The molecule has 1 rings (SSSR count). The Hall–Kier alpha value is -0.550. The minimum atomic E-state index is -0.276.